The van der Waals surface area contributed by atoms with E-state index in [9.17, 15) is 0 Å². The van der Waals surface area contributed by atoms with Gasteiger partial charge in [0.25, 0.3) is 0 Å². The standard InChI is InChI=1S/C92H110N4O4/c1-5-9-13-17-21-25-29-33-59-97-71-51-43-67(44-52-71)79-63-83-84(64-80(79)68-45-53-72(54-46-68)98-60-34-30-26-22-18-14-10-6-2)94-90-76-40-38-42-78-88(76)87-75(89(90)93-83)39-37-41-77(87)91-92(78)96-86-66-82(70-49-57-74(58-50-70)100-62-36-32-28-24-20-16-12-8-4)81(65-85(86)95-91)69-47-55-73(56-48-69)99-61-35-31-27-23-19-15-11-7-3/h37-58,63-66H,5-36,59-62H2,1-4H3. The first-order chi connectivity index (χ1) is 49.5. The Labute approximate surface area is 596 Å². The number of nitrogens with zero attached hydrogens (tertiary/aromatic N) is 4. The Morgan fingerprint density at radius 1 is 0.220 bits per heavy atom. The minimum Gasteiger partial charge on any atom is -0.494 e. The maximum absolute atomic E-state index is 6.35. The fourth-order valence-corrected chi connectivity index (χ4v) is 15.0. The van der Waals surface area contributed by atoms with Crippen molar-refractivity contribution in [3.8, 4) is 67.5 Å². The summed E-state index contributed by atoms with van der Waals surface area (Å²) >= 11 is 0. The van der Waals surface area contributed by atoms with Gasteiger partial charge in [0.15, 0.2) is 0 Å². The Hall–Kier alpha value is -8.36. The number of unbranched alkanes of at least 4 members (excludes halogenated alkanes) is 28. The molecular formula is C92H110N4O4. The molecule has 8 nitrogen and oxygen atoms in total. The molecule has 2 aromatic heterocycles. The quantitative estimate of drug-likeness (QED) is 0.0212. The molecule has 0 aliphatic carbocycles. The van der Waals surface area contributed by atoms with E-state index in [-0.39, 0.29) is 0 Å². The van der Waals surface area contributed by atoms with Gasteiger partial charge < -0.3 is 18.9 Å². The molecule has 12 rings (SSSR count). The lowest BCUT2D eigenvalue weighted by Gasteiger charge is -2.18. The zero-order valence-electron chi connectivity index (χ0n) is 60.9. The molecular weight excluding hydrogens is 1230 g/mol. The van der Waals surface area contributed by atoms with Crippen molar-refractivity contribution >= 4 is 76.5 Å². The van der Waals surface area contributed by atoms with Crippen LogP contribution in [0.1, 0.15) is 233 Å². The number of ether oxygens (including phenoxy) is 4. The van der Waals surface area contributed by atoms with Gasteiger partial charge in [-0.1, -0.05) is 292 Å². The van der Waals surface area contributed by atoms with Crippen LogP contribution >= 0.6 is 0 Å². The van der Waals surface area contributed by atoms with Crippen LogP contribution in [0.3, 0.4) is 0 Å². The van der Waals surface area contributed by atoms with Gasteiger partial charge >= 0.3 is 0 Å². The fraction of sp³-hybridized carbons (Fsp3) is 0.435. The molecule has 0 aliphatic rings. The largest absolute Gasteiger partial charge is 0.494 e. The number of fused-ring (bicyclic) bond motifs is 8. The minimum atomic E-state index is 0.727. The smallest absolute Gasteiger partial charge is 0.119 e. The highest BCUT2D eigenvalue weighted by molar-refractivity contribution is 6.38. The molecule has 0 saturated heterocycles. The van der Waals surface area contributed by atoms with E-state index in [1.807, 2.05) is 0 Å². The molecule has 0 atom stereocenters. The number of rotatable bonds is 44. The second-order valence-electron chi connectivity index (χ2n) is 28.5. The van der Waals surface area contributed by atoms with Gasteiger partial charge in [0, 0.05) is 32.3 Å². The first-order valence-electron chi connectivity index (χ1n) is 39.4. The normalized spacial score (nSPS) is 11.8. The van der Waals surface area contributed by atoms with Crippen molar-refractivity contribution in [1.82, 2.24) is 19.9 Å². The predicted octanol–water partition coefficient (Wildman–Crippen LogP) is 27.5. The van der Waals surface area contributed by atoms with Gasteiger partial charge in [-0.05, 0) is 143 Å². The molecule has 0 amide bonds. The zero-order chi connectivity index (χ0) is 68.5. The average Bonchev–Trinajstić information content (AvgIpc) is 0.699. The maximum atomic E-state index is 6.35. The number of benzene rings is 10. The van der Waals surface area contributed by atoms with Gasteiger partial charge in [-0.2, -0.15) is 0 Å². The second kappa shape index (κ2) is 37.4. The summed E-state index contributed by atoms with van der Waals surface area (Å²) in [5, 5.41) is 6.45. The van der Waals surface area contributed by atoms with Gasteiger partial charge in [-0.3, -0.25) is 0 Å². The van der Waals surface area contributed by atoms with Crippen LogP contribution in [0.4, 0.5) is 0 Å². The molecule has 12 aromatic rings. The van der Waals surface area contributed by atoms with E-state index < -0.39 is 0 Å². The van der Waals surface area contributed by atoms with Gasteiger partial charge in [0.1, 0.15) is 23.0 Å². The Kier molecular flexibility index (Phi) is 26.7. The van der Waals surface area contributed by atoms with Crippen molar-refractivity contribution < 1.29 is 18.9 Å². The van der Waals surface area contributed by atoms with E-state index >= 15 is 0 Å². The third-order valence-corrected chi connectivity index (χ3v) is 20.7. The molecule has 0 spiro atoms. The molecule has 8 heteroatoms. The Morgan fingerprint density at radius 3 is 0.610 bits per heavy atom. The van der Waals surface area contributed by atoms with Crippen molar-refractivity contribution in [2.24, 2.45) is 0 Å². The van der Waals surface area contributed by atoms with Crippen LogP contribution < -0.4 is 18.9 Å². The Balaban J connectivity index is 0.883. The molecule has 0 bridgehead atoms. The maximum Gasteiger partial charge on any atom is 0.119 e. The van der Waals surface area contributed by atoms with Gasteiger partial charge in [-0.15, -0.1) is 0 Å². The van der Waals surface area contributed by atoms with Gasteiger partial charge in [0.05, 0.1) is 70.6 Å². The van der Waals surface area contributed by atoms with E-state index in [1.165, 1.54) is 180 Å². The molecule has 100 heavy (non-hydrogen) atoms. The molecule has 0 unspecified atom stereocenters. The van der Waals surface area contributed by atoms with Crippen molar-refractivity contribution in [2.75, 3.05) is 26.4 Å². The fourth-order valence-electron chi connectivity index (χ4n) is 15.0. The lowest BCUT2D eigenvalue weighted by atomic mass is 9.90. The average molecular weight is 1340 g/mol. The highest BCUT2D eigenvalue weighted by atomic mass is 16.5. The summed E-state index contributed by atoms with van der Waals surface area (Å²) in [4.78, 5) is 22.7. The summed E-state index contributed by atoms with van der Waals surface area (Å²) in [6.45, 7) is 12.0. The van der Waals surface area contributed by atoms with E-state index in [4.69, 9.17) is 38.9 Å². The highest BCUT2D eigenvalue weighted by Gasteiger charge is 2.23. The summed E-state index contributed by atoms with van der Waals surface area (Å²) in [6.07, 6.45) is 40.7. The van der Waals surface area contributed by atoms with E-state index in [0.717, 1.165) is 196 Å². The van der Waals surface area contributed by atoms with Crippen LogP contribution in [-0.2, 0) is 0 Å². The monoisotopic (exact) mass is 1330 g/mol. The van der Waals surface area contributed by atoms with Crippen molar-refractivity contribution in [3.05, 3.63) is 158 Å². The summed E-state index contributed by atoms with van der Waals surface area (Å²) in [7, 11) is 0. The summed E-state index contributed by atoms with van der Waals surface area (Å²) in [5.74, 6) is 3.59. The van der Waals surface area contributed by atoms with E-state index in [1.54, 1.807) is 0 Å². The Bertz CT molecular complexity index is 3920. The van der Waals surface area contributed by atoms with Crippen molar-refractivity contribution in [2.45, 2.75) is 233 Å². The van der Waals surface area contributed by atoms with E-state index in [2.05, 4.69) is 185 Å². The third kappa shape index (κ3) is 18.4. The topological polar surface area (TPSA) is 88.5 Å². The first kappa shape index (κ1) is 71.5. The van der Waals surface area contributed by atoms with E-state index in [0.29, 0.717) is 0 Å². The molecule has 10 aromatic carbocycles. The second-order valence-corrected chi connectivity index (χ2v) is 28.5. The van der Waals surface area contributed by atoms with Crippen molar-refractivity contribution in [3.63, 3.8) is 0 Å². The zero-order valence-corrected chi connectivity index (χ0v) is 60.9. The molecule has 0 radical (unpaired) electrons. The molecule has 0 saturated carbocycles. The summed E-state index contributed by atoms with van der Waals surface area (Å²) in [6, 6.07) is 56.8. The van der Waals surface area contributed by atoms with Crippen molar-refractivity contribution in [1.29, 1.82) is 0 Å². The lowest BCUT2D eigenvalue weighted by Crippen LogP contribution is -1.99. The highest BCUT2D eigenvalue weighted by Crippen LogP contribution is 2.46. The van der Waals surface area contributed by atoms with Crippen LogP contribution in [0.5, 0.6) is 23.0 Å². The van der Waals surface area contributed by atoms with Crippen LogP contribution in [0.25, 0.3) is 121 Å². The van der Waals surface area contributed by atoms with Crippen LogP contribution in [-0.4, -0.2) is 46.4 Å². The van der Waals surface area contributed by atoms with Gasteiger partial charge in [0.2, 0.25) is 0 Å². The predicted molar refractivity (Wildman–Crippen MR) is 426 cm³/mol. The van der Waals surface area contributed by atoms with Crippen LogP contribution in [0.15, 0.2) is 158 Å². The third-order valence-electron chi connectivity index (χ3n) is 20.7. The molecule has 0 N–H and O–H groups in total. The number of hydrogen-bond acceptors (Lipinski definition) is 8. The number of hydrogen-bond donors (Lipinski definition) is 0. The SMILES string of the molecule is CCCCCCCCCCOc1ccc(-c2cc3nc4c5cccc6c7nc8cc(-c9ccc(OCCCCCCCCCC)cc9)c(-c9ccc(OCCCCCCCCCC)cc9)cc8nc7c7cccc(c4nc3cc2-c2ccc(OCCCCCCCCCC)cc2)c7c56)cc1. The molecule has 2 heterocycles. The van der Waals surface area contributed by atoms with Gasteiger partial charge in [-0.25, -0.2) is 19.9 Å². The molecule has 522 valence electrons. The number of aromatic nitrogens is 4. The first-order valence-corrected chi connectivity index (χ1v) is 39.4. The van der Waals surface area contributed by atoms with Crippen LogP contribution in [0.2, 0.25) is 0 Å². The van der Waals surface area contributed by atoms with Crippen LogP contribution in [0, 0.1) is 0 Å². The summed E-state index contributed by atoms with van der Waals surface area (Å²) in [5.41, 5.74) is 15.6. The molecule has 0 aliphatic heterocycles. The minimum absolute atomic E-state index is 0.727. The lowest BCUT2D eigenvalue weighted by molar-refractivity contribution is 0.304. The Morgan fingerprint density at radius 2 is 0.410 bits per heavy atom. The molecule has 0 fully saturated rings. The summed E-state index contributed by atoms with van der Waals surface area (Å²) < 4.78 is 25.4.